The Labute approximate surface area is 116 Å². The van der Waals surface area contributed by atoms with E-state index in [1.165, 1.54) is 0 Å². The zero-order chi connectivity index (χ0) is 12.3. The summed E-state index contributed by atoms with van der Waals surface area (Å²) in [6.07, 6.45) is 0. The lowest BCUT2D eigenvalue weighted by atomic mass is 10.2. The van der Waals surface area contributed by atoms with Gasteiger partial charge in [-0.05, 0) is 18.6 Å². The van der Waals surface area contributed by atoms with Crippen molar-refractivity contribution in [2.24, 2.45) is 4.99 Å². The van der Waals surface area contributed by atoms with E-state index in [2.05, 4.69) is 20.9 Å². The summed E-state index contributed by atoms with van der Waals surface area (Å²) in [6.45, 7) is 3.43. The monoisotopic (exact) mass is 288 g/mol. The molecule has 0 aliphatic carbocycles. The van der Waals surface area contributed by atoms with Crippen LogP contribution >= 0.6 is 24.0 Å². The van der Waals surface area contributed by atoms with Crippen LogP contribution in [0.1, 0.15) is 5.56 Å². The number of benzene rings is 1. The number of hydrogen-bond acceptors (Lipinski definition) is 1. The van der Waals surface area contributed by atoms with Crippen molar-refractivity contribution in [1.82, 2.24) is 10.6 Å². The van der Waals surface area contributed by atoms with E-state index in [1.807, 2.05) is 19.1 Å². The van der Waals surface area contributed by atoms with Crippen LogP contribution in [0, 0.1) is 6.92 Å². The molecule has 2 rings (SSSR count). The summed E-state index contributed by atoms with van der Waals surface area (Å²) in [6, 6.07) is 4.99. The molecule has 1 heterocycles. The Hall–Kier alpha value is -1.46. The molecule has 7 heteroatoms. The van der Waals surface area contributed by atoms with Crippen molar-refractivity contribution in [2.75, 3.05) is 18.4 Å². The molecule has 18 heavy (non-hydrogen) atoms. The fraction of sp³-hybridized carbons (Fsp3) is 0.273. The Morgan fingerprint density at radius 1 is 1.39 bits per heavy atom. The number of carbonyl (C=O) groups excluding carboxylic acids is 1. The zero-order valence-corrected chi connectivity index (χ0v) is 11.4. The third kappa shape index (κ3) is 3.51. The molecule has 1 fully saturated rings. The first kappa shape index (κ1) is 14.6. The van der Waals surface area contributed by atoms with Crippen LogP contribution in [-0.2, 0) is 0 Å². The van der Waals surface area contributed by atoms with Gasteiger partial charge < -0.3 is 16.0 Å². The highest BCUT2D eigenvalue weighted by atomic mass is 35.5. The van der Waals surface area contributed by atoms with E-state index in [-0.39, 0.29) is 12.4 Å². The lowest BCUT2D eigenvalue weighted by molar-refractivity contribution is 0.259. The van der Waals surface area contributed by atoms with Crippen molar-refractivity contribution in [2.45, 2.75) is 6.92 Å². The van der Waals surface area contributed by atoms with Gasteiger partial charge in [0.05, 0.1) is 10.7 Å². The number of hydrogen-bond donors (Lipinski definition) is 3. The summed E-state index contributed by atoms with van der Waals surface area (Å²) in [4.78, 5) is 15.5. The van der Waals surface area contributed by atoms with Crippen molar-refractivity contribution in [3.8, 4) is 0 Å². The number of para-hydroxylation sites is 1. The van der Waals surface area contributed by atoms with Gasteiger partial charge in [0, 0.05) is 13.1 Å². The molecule has 1 saturated heterocycles. The van der Waals surface area contributed by atoms with Crippen LogP contribution < -0.4 is 16.0 Å². The number of anilines is 1. The first-order valence-corrected chi connectivity index (χ1v) is 5.67. The topological polar surface area (TPSA) is 65.5 Å². The Morgan fingerprint density at radius 3 is 2.67 bits per heavy atom. The number of urea groups is 1. The van der Waals surface area contributed by atoms with Gasteiger partial charge >= 0.3 is 6.03 Å². The Balaban J connectivity index is 0.00000162. The number of nitrogens with one attached hydrogen (secondary N) is 3. The average molecular weight is 289 g/mol. The van der Waals surface area contributed by atoms with Crippen molar-refractivity contribution >= 4 is 41.7 Å². The van der Waals surface area contributed by atoms with Gasteiger partial charge in [0.1, 0.15) is 0 Å². The van der Waals surface area contributed by atoms with Gasteiger partial charge in [0.15, 0.2) is 0 Å². The Bertz CT molecular complexity index is 448. The SMILES string of the molecule is Cc1cccc(Cl)c1NC(=O)N=C1NCCN1.Cl. The van der Waals surface area contributed by atoms with E-state index in [1.54, 1.807) is 6.07 Å². The van der Waals surface area contributed by atoms with Crippen LogP contribution in [0.15, 0.2) is 23.2 Å². The molecule has 1 aliphatic heterocycles. The van der Waals surface area contributed by atoms with Gasteiger partial charge in [0.2, 0.25) is 5.96 Å². The van der Waals surface area contributed by atoms with E-state index < -0.39 is 6.03 Å². The standard InChI is InChI=1S/C11H13ClN4O.ClH/c1-7-3-2-4-8(12)9(7)15-11(17)16-10-13-5-6-14-10;/h2-4H,5-6H2,1H3,(H3,13,14,15,16,17);1H. The normalized spacial score (nSPS) is 13.1. The number of amides is 2. The highest BCUT2D eigenvalue weighted by molar-refractivity contribution is 6.34. The molecule has 0 bridgehead atoms. The van der Waals surface area contributed by atoms with Crippen molar-refractivity contribution in [1.29, 1.82) is 0 Å². The number of halogens is 2. The van der Waals surface area contributed by atoms with Gasteiger partial charge in [0.25, 0.3) is 0 Å². The lowest BCUT2D eigenvalue weighted by Gasteiger charge is -2.08. The number of carbonyl (C=O) groups is 1. The second-order valence-corrected chi connectivity index (χ2v) is 4.08. The number of rotatable bonds is 1. The minimum absolute atomic E-state index is 0. The Kier molecular flexibility index (Phi) is 5.25. The summed E-state index contributed by atoms with van der Waals surface area (Å²) in [5.41, 5.74) is 1.50. The molecule has 0 unspecified atom stereocenters. The molecular weight excluding hydrogens is 275 g/mol. The van der Waals surface area contributed by atoms with Crippen LogP contribution in [0.3, 0.4) is 0 Å². The summed E-state index contributed by atoms with van der Waals surface area (Å²) in [5.74, 6) is 0.493. The number of guanidine groups is 1. The molecule has 5 nitrogen and oxygen atoms in total. The molecule has 1 aromatic carbocycles. The van der Waals surface area contributed by atoms with Crippen LogP contribution in [0.4, 0.5) is 10.5 Å². The highest BCUT2D eigenvalue weighted by Gasteiger charge is 2.10. The maximum Gasteiger partial charge on any atom is 0.348 e. The molecular formula is C11H14Cl2N4O. The van der Waals surface area contributed by atoms with Gasteiger partial charge in [-0.25, -0.2) is 4.79 Å². The third-order valence-corrected chi connectivity index (χ3v) is 2.69. The first-order valence-electron chi connectivity index (χ1n) is 5.29. The molecule has 3 N–H and O–H groups in total. The smallest absolute Gasteiger partial charge is 0.348 e. The minimum Gasteiger partial charge on any atom is -0.354 e. The van der Waals surface area contributed by atoms with Crippen molar-refractivity contribution in [3.63, 3.8) is 0 Å². The summed E-state index contributed by atoms with van der Waals surface area (Å²) < 4.78 is 0. The van der Waals surface area contributed by atoms with Crippen LogP contribution in [-0.4, -0.2) is 25.1 Å². The largest absolute Gasteiger partial charge is 0.354 e. The summed E-state index contributed by atoms with van der Waals surface area (Å²) in [7, 11) is 0. The molecule has 1 aliphatic rings. The maximum absolute atomic E-state index is 11.6. The molecule has 0 spiro atoms. The summed E-state index contributed by atoms with van der Waals surface area (Å²) in [5, 5.41) is 9.07. The van der Waals surface area contributed by atoms with Crippen LogP contribution in [0.5, 0.6) is 0 Å². The van der Waals surface area contributed by atoms with Gasteiger partial charge in [-0.2, -0.15) is 4.99 Å². The maximum atomic E-state index is 11.6. The summed E-state index contributed by atoms with van der Waals surface area (Å²) >= 11 is 6.00. The van der Waals surface area contributed by atoms with Gasteiger partial charge in [-0.15, -0.1) is 12.4 Å². The molecule has 1 aromatic rings. The van der Waals surface area contributed by atoms with E-state index >= 15 is 0 Å². The number of nitrogens with zero attached hydrogens (tertiary/aromatic N) is 1. The molecule has 98 valence electrons. The van der Waals surface area contributed by atoms with Crippen molar-refractivity contribution < 1.29 is 4.79 Å². The molecule has 0 saturated carbocycles. The zero-order valence-electron chi connectivity index (χ0n) is 9.79. The Morgan fingerprint density at radius 2 is 2.06 bits per heavy atom. The molecule has 2 amide bonds. The second kappa shape index (κ2) is 6.47. The van der Waals surface area contributed by atoms with Crippen LogP contribution in [0.25, 0.3) is 0 Å². The fourth-order valence-corrected chi connectivity index (χ4v) is 1.80. The number of aliphatic imine (C=N–C) groups is 1. The van der Waals surface area contributed by atoms with Gasteiger partial charge in [-0.1, -0.05) is 23.7 Å². The molecule has 0 radical (unpaired) electrons. The second-order valence-electron chi connectivity index (χ2n) is 3.68. The predicted octanol–water partition coefficient (Wildman–Crippen LogP) is 2.15. The van der Waals surface area contributed by atoms with E-state index in [0.717, 1.165) is 18.7 Å². The van der Waals surface area contributed by atoms with Crippen LogP contribution in [0.2, 0.25) is 5.02 Å². The predicted molar refractivity (Wildman–Crippen MR) is 75.9 cm³/mol. The minimum atomic E-state index is -0.446. The van der Waals surface area contributed by atoms with E-state index in [9.17, 15) is 4.79 Å². The lowest BCUT2D eigenvalue weighted by Crippen LogP contribution is -2.26. The molecule has 0 atom stereocenters. The van der Waals surface area contributed by atoms with E-state index in [4.69, 9.17) is 11.6 Å². The van der Waals surface area contributed by atoms with Gasteiger partial charge in [-0.3, -0.25) is 0 Å². The average Bonchev–Trinajstić information content (AvgIpc) is 2.76. The fourth-order valence-electron chi connectivity index (χ4n) is 1.53. The number of aryl methyl sites for hydroxylation is 1. The molecule has 0 aromatic heterocycles. The first-order chi connectivity index (χ1) is 8.16. The highest BCUT2D eigenvalue weighted by Crippen LogP contribution is 2.25. The van der Waals surface area contributed by atoms with E-state index in [0.29, 0.717) is 16.7 Å². The quantitative estimate of drug-likeness (QED) is 0.742. The van der Waals surface area contributed by atoms with Crippen molar-refractivity contribution in [3.05, 3.63) is 28.8 Å². The third-order valence-electron chi connectivity index (χ3n) is 2.38.